The van der Waals surface area contributed by atoms with E-state index < -0.39 is 0 Å². The Labute approximate surface area is 54.8 Å². The summed E-state index contributed by atoms with van der Waals surface area (Å²) in [6.45, 7) is 0. The van der Waals surface area contributed by atoms with Crippen molar-refractivity contribution in [3.8, 4) is 0 Å². The van der Waals surface area contributed by atoms with Gasteiger partial charge in [-0.05, 0) is 18.8 Å². The van der Waals surface area contributed by atoms with Crippen LogP contribution >= 0.6 is 0 Å². The lowest BCUT2D eigenvalue weighted by atomic mass is 9.87. The molecule has 9 heavy (non-hydrogen) atoms. The molecule has 0 radical (unpaired) electrons. The van der Waals surface area contributed by atoms with E-state index in [1.54, 1.807) is 0 Å². The summed E-state index contributed by atoms with van der Waals surface area (Å²) in [4.78, 5) is 11.0. The molecule has 0 aromatic heterocycles. The van der Waals surface area contributed by atoms with Gasteiger partial charge in [0.25, 0.3) is 0 Å². The minimum atomic E-state index is 0.309. The first-order chi connectivity index (χ1) is 4.36. The number of hydrogen-bond donors (Lipinski definition) is 0. The largest absolute Gasteiger partial charge is 0.299 e. The van der Waals surface area contributed by atoms with Gasteiger partial charge in [-0.3, -0.25) is 4.79 Å². The third-order valence-corrected chi connectivity index (χ3v) is 2.35. The molecule has 1 fully saturated rings. The Bertz CT molecular complexity index is 169. The topological polar surface area (TPSA) is 17.1 Å². The summed E-state index contributed by atoms with van der Waals surface area (Å²) >= 11 is 0. The number of fused-ring (bicyclic) bond motifs is 2. The van der Waals surface area contributed by atoms with E-state index in [0.29, 0.717) is 11.7 Å². The summed E-state index contributed by atoms with van der Waals surface area (Å²) < 4.78 is 0. The van der Waals surface area contributed by atoms with E-state index in [1.807, 2.05) is 0 Å². The third kappa shape index (κ3) is 0.716. The van der Waals surface area contributed by atoms with E-state index in [2.05, 4.69) is 12.2 Å². The molecule has 48 valence electrons. The first-order valence-corrected chi connectivity index (χ1v) is 3.57. The van der Waals surface area contributed by atoms with Gasteiger partial charge < -0.3 is 0 Å². The van der Waals surface area contributed by atoms with Crippen molar-refractivity contribution in [2.24, 2.45) is 11.8 Å². The average Bonchev–Trinajstić information content (AvgIpc) is 2.25. The van der Waals surface area contributed by atoms with Crippen molar-refractivity contribution >= 4 is 5.78 Å². The maximum absolute atomic E-state index is 11.0. The molecule has 2 bridgehead atoms. The number of carbonyl (C=O) groups is 1. The van der Waals surface area contributed by atoms with Crippen LogP contribution in [0.1, 0.15) is 19.3 Å². The predicted octanol–water partition coefficient (Wildman–Crippen LogP) is 1.54. The fraction of sp³-hybridized carbons (Fsp3) is 0.625. The first kappa shape index (κ1) is 5.21. The Morgan fingerprint density at radius 2 is 2.33 bits per heavy atom. The number of Topliss-reactive ketones (excluding diaryl/α,β-unsaturated/α-hetero) is 1. The van der Waals surface area contributed by atoms with Gasteiger partial charge in [0.15, 0.2) is 0 Å². The summed E-state index contributed by atoms with van der Waals surface area (Å²) in [5, 5.41) is 0. The molecule has 2 rings (SSSR count). The molecule has 1 saturated carbocycles. The van der Waals surface area contributed by atoms with Gasteiger partial charge in [0.05, 0.1) is 0 Å². The van der Waals surface area contributed by atoms with E-state index in [-0.39, 0.29) is 0 Å². The molecule has 0 N–H and O–H groups in total. The molecule has 0 amide bonds. The van der Waals surface area contributed by atoms with Crippen LogP contribution in [0.15, 0.2) is 12.2 Å². The van der Waals surface area contributed by atoms with E-state index >= 15 is 0 Å². The first-order valence-electron chi connectivity index (χ1n) is 3.57. The molecule has 0 unspecified atom stereocenters. The zero-order chi connectivity index (χ0) is 6.27. The zero-order valence-corrected chi connectivity index (χ0v) is 5.34. The monoisotopic (exact) mass is 122 g/mol. The van der Waals surface area contributed by atoms with Crippen LogP contribution in [-0.4, -0.2) is 5.78 Å². The maximum atomic E-state index is 11.0. The van der Waals surface area contributed by atoms with Crippen LogP contribution in [0, 0.1) is 11.8 Å². The van der Waals surface area contributed by atoms with Crippen LogP contribution in [0.25, 0.3) is 0 Å². The van der Waals surface area contributed by atoms with E-state index in [9.17, 15) is 4.79 Å². The number of carbonyl (C=O) groups excluding carboxylic acids is 1. The molecular weight excluding hydrogens is 112 g/mol. The molecule has 2 atom stereocenters. The van der Waals surface area contributed by atoms with Crippen LogP contribution in [0.3, 0.4) is 0 Å². The van der Waals surface area contributed by atoms with Crippen molar-refractivity contribution in [1.82, 2.24) is 0 Å². The predicted molar refractivity (Wildman–Crippen MR) is 35.0 cm³/mol. The Morgan fingerprint density at radius 3 is 3.11 bits per heavy atom. The highest BCUT2D eigenvalue weighted by Crippen LogP contribution is 2.33. The van der Waals surface area contributed by atoms with E-state index in [1.165, 1.54) is 0 Å². The maximum Gasteiger partial charge on any atom is 0.139 e. The average molecular weight is 122 g/mol. The van der Waals surface area contributed by atoms with Crippen molar-refractivity contribution in [1.29, 1.82) is 0 Å². The fourth-order valence-corrected chi connectivity index (χ4v) is 1.74. The van der Waals surface area contributed by atoms with Gasteiger partial charge >= 0.3 is 0 Å². The number of hydrogen-bond acceptors (Lipinski definition) is 1. The second-order valence-corrected chi connectivity index (χ2v) is 2.99. The molecule has 1 heteroatoms. The third-order valence-electron chi connectivity index (χ3n) is 2.35. The zero-order valence-electron chi connectivity index (χ0n) is 5.34. The van der Waals surface area contributed by atoms with E-state index in [0.717, 1.165) is 25.2 Å². The minimum absolute atomic E-state index is 0.309. The highest BCUT2D eigenvalue weighted by atomic mass is 16.1. The number of ketones is 1. The quantitative estimate of drug-likeness (QED) is 0.445. The molecule has 0 aliphatic heterocycles. The highest BCUT2D eigenvalue weighted by molar-refractivity contribution is 5.84. The van der Waals surface area contributed by atoms with Gasteiger partial charge in [0.2, 0.25) is 0 Å². The molecule has 0 saturated heterocycles. The second-order valence-electron chi connectivity index (χ2n) is 2.99. The summed E-state index contributed by atoms with van der Waals surface area (Å²) in [5.41, 5.74) is 0. The van der Waals surface area contributed by atoms with E-state index in [4.69, 9.17) is 0 Å². The van der Waals surface area contributed by atoms with Crippen LogP contribution in [-0.2, 0) is 4.79 Å². The molecule has 0 aromatic rings. The summed E-state index contributed by atoms with van der Waals surface area (Å²) in [5.74, 6) is 1.51. The van der Waals surface area contributed by atoms with Crippen molar-refractivity contribution in [3.05, 3.63) is 12.2 Å². The van der Waals surface area contributed by atoms with Gasteiger partial charge in [-0.1, -0.05) is 12.2 Å². The van der Waals surface area contributed by atoms with Gasteiger partial charge in [-0.25, -0.2) is 0 Å². The Kier molecular flexibility index (Phi) is 0.981. The minimum Gasteiger partial charge on any atom is -0.299 e. The lowest BCUT2D eigenvalue weighted by Gasteiger charge is -2.16. The highest BCUT2D eigenvalue weighted by Gasteiger charge is 2.29. The van der Waals surface area contributed by atoms with Crippen molar-refractivity contribution in [2.75, 3.05) is 0 Å². The molecule has 2 aliphatic carbocycles. The number of rotatable bonds is 0. The SMILES string of the molecule is O=C1CC[C@H]2C=C[C@@H]1C2. The standard InChI is InChI=1S/C8H10O/c9-8-4-2-6-1-3-7(8)5-6/h1,3,6-7H,2,4-5H2/t6-,7-/m1/s1. The van der Waals surface area contributed by atoms with Gasteiger partial charge in [-0.15, -0.1) is 0 Å². The molecule has 0 heterocycles. The van der Waals surface area contributed by atoms with Crippen molar-refractivity contribution < 1.29 is 4.79 Å². The summed E-state index contributed by atoms with van der Waals surface area (Å²) in [6.07, 6.45) is 7.32. The molecule has 0 spiro atoms. The summed E-state index contributed by atoms with van der Waals surface area (Å²) in [7, 11) is 0. The molecular formula is C8H10O. The van der Waals surface area contributed by atoms with Gasteiger partial charge in [-0.2, -0.15) is 0 Å². The van der Waals surface area contributed by atoms with Crippen LogP contribution in [0.2, 0.25) is 0 Å². The van der Waals surface area contributed by atoms with Crippen LogP contribution in [0.5, 0.6) is 0 Å². The molecule has 2 aliphatic rings. The summed E-state index contributed by atoms with van der Waals surface area (Å²) in [6, 6.07) is 0. The van der Waals surface area contributed by atoms with Crippen molar-refractivity contribution in [3.63, 3.8) is 0 Å². The van der Waals surface area contributed by atoms with Gasteiger partial charge in [0.1, 0.15) is 5.78 Å². The molecule has 1 nitrogen and oxygen atoms in total. The fourth-order valence-electron chi connectivity index (χ4n) is 1.74. The second kappa shape index (κ2) is 1.69. The van der Waals surface area contributed by atoms with Crippen LogP contribution in [0.4, 0.5) is 0 Å². The number of allylic oxidation sites excluding steroid dienone is 2. The molecule has 0 aromatic carbocycles. The Morgan fingerprint density at radius 1 is 1.44 bits per heavy atom. The smallest absolute Gasteiger partial charge is 0.139 e. The lowest BCUT2D eigenvalue weighted by Crippen LogP contribution is -2.17. The lowest BCUT2D eigenvalue weighted by molar-refractivity contribution is -0.123. The van der Waals surface area contributed by atoms with Crippen molar-refractivity contribution in [2.45, 2.75) is 19.3 Å². The van der Waals surface area contributed by atoms with Gasteiger partial charge in [0, 0.05) is 12.3 Å². The normalized spacial score (nSPS) is 39.8. The Hall–Kier alpha value is -0.590. The Balaban J connectivity index is 2.23. The van der Waals surface area contributed by atoms with Crippen LogP contribution < -0.4 is 0 Å².